The van der Waals surface area contributed by atoms with Crippen LogP contribution in [0, 0.1) is 0 Å². The van der Waals surface area contributed by atoms with Crippen LogP contribution in [0.2, 0.25) is 0 Å². The third-order valence-corrected chi connectivity index (χ3v) is 4.08. The number of rotatable bonds is 5. The van der Waals surface area contributed by atoms with Crippen LogP contribution in [-0.2, 0) is 9.59 Å². The van der Waals surface area contributed by atoms with Crippen LogP contribution in [0.15, 0.2) is 18.6 Å². The predicted molar refractivity (Wildman–Crippen MR) is 103 cm³/mol. The highest BCUT2D eigenvalue weighted by Crippen LogP contribution is 2.22. The van der Waals surface area contributed by atoms with E-state index in [-0.39, 0.29) is 12.9 Å². The van der Waals surface area contributed by atoms with Crippen LogP contribution in [-0.4, -0.2) is 101 Å². The molecule has 0 atom stereocenters. The van der Waals surface area contributed by atoms with Gasteiger partial charge in [0.15, 0.2) is 5.82 Å². The Morgan fingerprint density at radius 2 is 1.78 bits per heavy atom. The molecule has 2 aromatic rings. The lowest BCUT2D eigenvalue weighted by Crippen LogP contribution is -2.47. The molecule has 0 bridgehead atoms. The Hall–Kier alpha value is -2.72. The zero-order valence-electron chi connectivity index (χ0n) is 15.8. The molecule has 1 aliphatic heterocycles. The number of nitrogens with one attached hydrogen (secondary N) is 1. The van der Waals surface area contributed by atoms with Crippen molar-refractivity contribution in [1.29, 1.82) is 0 Å². The third kappa shape index (κ3) is 7.59. The van der Waals surface area contributed by atoms with Crippen LogP contribution < -0.4 is 4.90 Å². The van der Waals surface area contributed by atoms with Crippen LogP contribution >= 0.6 is 0 Å². The number of nitrogens with zero attached hydrogens (tertiary/aromatic N) is 5. The number of H-pyrrole nitrogens is 1. The van der Waals surface area contributed by atoms with E-state index in [2.05, 4.69) is 43.7 Å². The summed E-state index contributed by atoms with van der Waals surface area (Å²) >= 11 is 0. The Bertz CT molecular complexity index is 664. The van der Waals surface area contributed by atoms with Gasteiger partial charge >= 0.3 is 0 Å². The maximum absolute atomic E-state index is 8.36. The van der Waals surface area contributed by atoms with Crippen molar-refractivity contribution >= 4 is 29.8 Å². The number of fused-ring (bicyclic) bond motifs is 1. The SMILES string of the molecule is CN(C)CCCN1CCN(c2ncnc3cc[nH]c23)CC1.O=CO.O=CO. The number of piperazine rings is 1. The normalized spacial score (nSPS) is 14.1. The highest BCUT2D eigenvalue weighted by Gasteiger charge is 2.19. The topological polar surface area (TPSA) is 126 Å². The van der Waals surface area contributed by atoms with E-state index >= 15 is 0 Å². The quantitative estimate of drug-likeness (QED) is 0.633. The van der Waals surface area contributed by atoms with Gasteiger partial charge in [-0.05, 0) is 39.7 Å². The fourth-order valence-corrected chi connectivity index (χ4v) is 2.89. The molecule has 0 saturated carbocycles. The molecule has 0 aliphatic carbocycles. The molecule has 10 nitrogen and oxygen atoms in total. The molecule has 0 spiro atoms. The van der Waals surface area contributed by atoms with E-state index in [1.807, 2.05) is 12.3 Å². The molecule has 0 radical (unpaired) electrons. The molecule has 0 amide bonds. The average molecular weight is 380 g/mol. The first-order valence-electron chi connectivity index (χ1n) is 8.63. The van der Waals surface area contributed by atoms with Crippen LogP contribution in [0.5, 0.6) is 0 Å². The van der Waals surface area contributed by atoms with E-state index < -0.39 is 0 Å². The minimum absolute atomic E-state index is 0.250. The molecule has 27 heavy (non-hydrogen) atoms. The minimum atomic E-state index is -0.250. The van der Waals surface area contributed by atoms with Gasteiger partial charge in [0.2, 0.25) is 0 Å². The summed E-state index contributed by atoms with van der Waals surface area (Å²) in [5.74, 6) is 1.04. The predicted octanol–water partition coefficient (Wildman–Crippen LogP) is 0.433. The van der Waals surface area contributed by atoms with Crippen LogP contribution in [0.25, 0.3) is 11.0 Å². The zero-order valence-corrected chi connectivity index (χ0v) is 15.8. The van der Waals surface area contributed by atoms with E-state index in [1.54, 1.807) is 6.33 Å². The number of hydrogen-bond acceptors (Lipinski definition) is 7. The summed E-state index contributed by atoms with van der Waals surface area (Å²) < 4.78 is 0. The molecule has 10 heteroatoms. The Kier molecular flexibility index (Phi) is 10.4. The number of aromatic nitrogens is 3. The molecule has 3 heterocycles. The van der Waals surface area contributed by atoms with E-state index in [1.165, 1.54) is 13.0 Å². The minimum Gasteiger partial charge on any atom is -0.483 e. The van der Waals surface area contributed by atoms with Gasteiger partial charge in [0.05, 0.1) is 5.52 Å². The van der Waals surface area contributed by atoms with E-state index in [4.69, 9.17) is 19.8 Å². The lowest BCUT2D eigenvalue weighted by atomic mass is 10.2. The molecule has 3 rings (SSSR count). The van der Waals surface area contributed by atoms with Gasteiger partial charge in [-0.1, -0.05) is 0 Å². The lowest BCUT2D eigenvalue weighted by Gasteiger charge is -2.35. The van der Waals surface area contributed by atoms with Crippen molar-refractivity contribution in [2.24, 2.45) is 0 Å². The molecular formula is C17H28N6O4. The van der Waals surface area contributed by atoms with Gasteiger partial charge < -0.3 is 25.0 Å². The fourth-order valence-electron chi connectivity index (χ4n) is 2.89. The Balaban J connectivity index is 0.000000540. The smallest absolute Gasteiger partial charge is 0.290 e. The average Bonchev–Trinajstić information content (AvgIpc) is 3.12. The van der Waals surface area contributed by atoms with Crippen LogP contribution in [0.3, 0.4) is 0 Å². The summed E-state index contributed by atoms with van der Waals surface area (Å²) in [6.07, 6.45) is 4.83. The molecule has 0 aromatic carbocycles. The molecule has 2 aromatic heterocycles. The largest absolute Gasteiger partial charge is 0.483 e. The maximum atomic E-state index is 8.36. The van der Waals surface area contributed by atoms with E-state index in [0.29, 0.717) is 0 Å². The molecule has 1 saturated heterocycles. The van der Waals surface area contributed by atoms with Gasteiger partial charge in [0.1, 0.15) is 11.8 Å². The molecule has 1 aliphatic rings. The summed E-state index contributed by atoms with van der Waals surface area (Å²) in [5, 5.41) is 13.8. The lowest BCUT2D eigenvalue weighted by molar-refractivity contribution is -0.123. The standard InChI is InChI=1S/C15H24N6.2CH2O2/c1-19(2)6-3-7-20-8-10-21(11-9-20)15-14-13(4-5-16-14)17-12-18-15;2*2-1-3/h4-5,12,16H,3,6-11H2,1-2H3;2*1H,(H,2,3). The molecule has 3 N–H and O–H groups in total. The van der Waals surface area contributed by atoms with E-state index in [9.17, 15) is 0 Å². The van der Waals surface area contributed by atoms with Gasteiger partial charge in [0.25, 0.3) is 12.9 Å². The number of anilines is 1. The van der Waals surface area contributed by atoms with Crippen molar-refractivity contribution in [3.8, 4) is 0 Å². The Morgan fingerprint density at radius 3 is 2.37 bits per heavy atom. The number of carbonyl (C=O) groups is 2. The molecule has 0 unspecified atom stereocenters. The van der Waals surface area contributed by atoms with Gasteiger partial charge in [-0.25, -0.2) is 9.97 Å². The van der Waals surface area contributed by atoms with Crippen molar-refractivity contribution in [1.82, 2.24) is 24.8 Å². The molecular weight excluding hydrogens is 352 g/mol. The second-order valence-electron chi connectivity index (χ2n) is 6.13. The first-order valence-corrected chi connectivity index (χ1v) is 8.63. The summed E-state index contributed by atoms with van der Waals surface area (Å²) in [4.78, 5) is 35.9. The van der Waals surface area contributed by atoms with Crippen molar-refractivity contribution < 1.29 is 19.8 Å². The number of aromatic amines is 1. The first kappa shape index (κ1) is 22.3. The summed E-state index contributed by atoms with van der Waals surface area (Å²) in [6.45, 7) is 6.14. The van der Waals surface area contributed by atoms with Gasteiger partial charge in [-0.15, -0.1) is 0 Å². The van der Waals surface area contributed by atoms with Gasteiger partial charge in [-0.3, -0.25) is 14.5 Å². The third-order valence-electron chi connectivity index (χ3n) is 4.08. The zero-order chi connectivity index (χ0) is 20.1. The Labute approximate surface area is 158 Å². The first-order chi connectivity index (χ1) is 13.1. The van der Waals surface area contributed by atoms with Gasteiger partial charge in [-0.2, -0.15) is 0 Å². The maximum Gasteiger partial charge on any atom is 0.290 e. The molecule has 1 fully saturated rings. The van der Waals surface area contributed by atoms with Crippen molar-refractivity contribution in [3.05, 3.63) is 18.6 Å². The second-order valence-corrected chi connectivity index (χ2v) is 6.13. The van der Waals surface area contributed by atoms with E-state index in [0.717, 1.165) is 49.6 Å². The van der Waals surface area contributed by atoms with Crippen LogP contribution in [0.4, 0.5) is 5.82 Å². The summed E-state index contributed by atoms with van der Waals surface area (Å²) in [5.41, 5.74) is 2.05. The number of hydrogen-bond donors (Lipinski definition) is 3. The van der Waals surface area contributed by atoms with Crippen molar-refractivity contribution in [3.63, 3.8) is 0 Å². The summed E-state index contributed by atoms with van der Waals surface area (Å²) in [6, 6.07) is 2.00. The van der Waals surface area contributed by atoms with Gasteiger partial charge in [0, 0.05) is 32.4 Å². The van der Waals surface area contributed by atoms with Crippen LogP contribution in [0.1, 0.15) is 6.42 Å². The van der Waals surface area contributed by atoms with Crippen molar-refractivity contribution in [2.75, 3.05) is 58.3 Å². The Morgan fingerprint density at radius 1 is 1.15 bits per heavy atom. The monoisotopic (exact) mass is 380 g/mol. The van der Waals surface area contributed by atoms with Crippen molar-refractivity contribution in [2.45, 2.75) is 6.42 Å². The number of carboxylic acid groups (broad SMARTS) is 2. The molecule has 150 valence electrons. The highest BCUT2D eigenvalue weighted by molar-refractivity contribution is 5.85. The summed E-state index contributed by atoms with van der Waals surface area (Å²) in [7, 11) is 4.27. The highest BCUT2D eigenvalue weighted by atomic mass is 16.3. The fraction of sp³-hybridized carbons (Fsp3) is 0.529. The second kappa shape index (κ2) is 12.6.